The molecule has 1 aromatic heterocycles. The molecule has 84 valence electrons. The van der Waals surface area contributed by atoms with Gasteiger partial charge in [0.2, 0.25) is 0 Å². The molecule has 4 heteroatoms. The van der Waals surface area contributed by atoms with Crippen molar-refractivity contribution in [2.45, 2.75) is 12.8 Å². The molecule has 0 amide bonds. The van der Waals surface area contributed by atoms with E-state index in [9.17, 15) is 4.39 Å². The quantitative estimate of drug-likeness (QED) is 0.775. The topological polar surface area (TPSA) is 37.0 Å². The van der Waals surface area contributed by atoms with E-state index < -0.39 is 0 Å². The Kier molecular flexibility index (Phi) is 2.02. The maximum atomic E-state index is 13.5. The minimum absolute atomic E-state index is 0.293. The summed E-state index contributed by atoms with van der Waals surface area (Å²) in [7, 11) is 1.48. The van der Waals surface area contributed by atoms with E-state index in [2.05, 4.69) is 10.3 Å². The lowest BCUT2D eigenvalue weighted by Crippen LogP contribution is -2.10. The smallest absolute Gasteiger partial charge is 0.167 e. The molecule has 0 atom stereocenters. The van der Waals surface area contributed by atoms with Crippen LogP contribution in [0.1, 0.15) is 12.1 Å². The molecule has 0 aliphatic carbocycles. The van der Waals surface area contributed by atoms with E-state index in [-0.39, 0.29) is 5.82 Å². The van der Waals surface area contributed by atoms with Crippen LogP contribution >= 0.6 is 0 Å². The first-order chi connectivity index (χ1) is 7.79. The van der Waals surface area contributed by atoms with Crippen LogP contribution in [0, 0.1) is 5.82 Å². The van der Waals surface area contributed by atoms with Crippen LogP contribution in [-0.4, -0.2) is 18.6 Å². The molecule has 0 radical (unpaired) electrons. The summed E-state index contributed by atoms with van der Waals surface area (Å²) in [6.45, 7) is 0.972. The number of benzene rings is 1. The fraction of sp³-hybridized carbons (Fsp3) is 0.333. The van der Waals surface area contributed by atoms with Gasteiger partial charge in [-0.25, -0.2) is 4.39 Å². The molecule has 2 heterocycles. The summed E-state index contributed by atoms with van der Waals surface area (Å²) in [5.74, 6) is -0.0322. The van der Waals surface area contributed by atoms with Crippen molar-refractivity contribution in [3.63, 3.8) is 0 Å². The molecule has 0 saturated heterocycles. The van der Waals surface area contributed by atoms with E-state index in [4.69, 9.17) is 4.74 Å². The summed E-state index contributed by atoms with van der Waals surface area (Å²) in [4.78, 5) is 3.25. The van der Waals surface area contributed by atoms with Crippen LogP contribution in [-0.2, 0) is 6.42 Å². The number of hydrogen-bond donors (Lipinski definition) is 2. The Morgan fingerprint density at radius 3 is 3.06 bits per heavy atom. The minimum atomic E-state index is -0.325. The normalized spacial score (nSPS) is 14.6. The van der Waals surface area contributed by atoms with Crippen molar-refractivity contribution < 1.29 is 9.13 Å². The van der Waals surface area contributed by atoms with E-state index in [1.807, 2.05) is 0 Å². The van der Waals surface area contributed by atoms with Crippen LogP contribution in [0.3, 0.4) is 0 Å². The second-order valence-corrected chi connectivity index (χ2v) is 4.04. The lowest BCUT2D eigenvalue weighted by Gasteiger charge is -2.13. The maximum Gasteiger partial charge on any atom is 0.167 e. The molecule has 0 saturated carbocycles. The van der Waals surface area contributed by atoms with Crippen molar-refractivity contribution in [1.29, 1.82) is 0 Å². The molecular formula is C12H13FN2O. The first-order valence-electron chi connectivity index (χ1n) is 5.41. The van der Waals surface area contributed by atoms with Crippen LogP contribution in [0.15, 0.2) is 12.1 Å². The third-order valence-corrected chi connectivity index (χ3v) is 3.05. The third kappa shape index (κ3) is 1.26. The van der Waals surface area contributed by atoms with E-state index in [0.29, 0.717) is 5.75 Å². The summed E-state index contributed by atoms with van der Waals surface area (Å²) in [5, 5.41) is 4.35. The zero-order valence-corrected chi connectivity index (χ0v) is 9.06. The largest absolute Gasteiger partial charge is 0.494 e. The molecule has 1 aliphatic heterocycles. The first kappa shape index (κ1) is 9.51. The number of ether oxygens (including phenoxy) is 1. The van der Waals surface area contributed by atoms with Gasteiger partial charge in [0.05, 0.1) is 18.3 Å². The zero-order chi connectivity index (χ0) is 11.1. The van der Waals surface area contributed by atoms with Crippen molar-refractivity contribution in [1.82, 2.24) is 4.98 Å². The monoisotopic (exact) mass is 220 g/mol. The number of fused-ring (bicyclic) bond motifs is 3. The van der Waals surface area contributed by atoms with E-state index >= 15 is 0 Å². The SMILES string of the molecule is COc1cc2c3c([nH]c2cc1F)CCCN3. The average Bonchev–Trinajstić information content (AvgIpc) is 2.65. The first-order valence-corrected chi connectivity index (χ1v) is 5.41. The van der Waals surface area contributed by atoms with Gasteiger partial charge in [-0.2, -0.15) is 0 Å². The molecular weight excluding hydrogens is 207 g/mol. The summed E-state index contributed by atoms with van der Waals surface area (Å²) >= 11 is 0. The Bertz CT molecular complexity index is 547. The number of hydrogen-bond acceptors (Lipinski definition) is 2. The summed E-state index contributed by atoms with van der Waals surface area (Å²) in [5.41, 5.74) is 3.09. The lowest BCUT2D eigenvalue weighted by molar-refractivity contribution is 0.387. The van der Waals surface area contributed by atoms with E-state index in [0.717, 1.165) is 41.7 Å². The van der Waals surface area contributed by atoms with E-state index in [1.165, 1.54) is 13.2 Å². The standard InChI is InChI=1S/C12H13FN2O/c1-16-11-5-7-10(6-8(11)13)15-9-3-2-4-14-12(7)9/h5-6,14-15H,2-4H2,1H3. The molecule has 0 fully saturated rings. The molecule has 2 aromatic rings. The van der Waals surface area contributed by atoms with Crippen LogP contribution < -0.4 is 10.1 Å². The Morgan fingerprint density at radius 2 is 2.25 bits per heavy atom. The van der Waals surface area contributed by atoms with Crippen LogP contribution in [0.25, 0.3) is 10.9 Å². The van der Waals surface area contributed by atoms with Crippen molar-refractivity contribution >= 4 is 16.6 Å². The number of aromatic amines is 1. The number of aromatic nitrogens is 1. The second-order valence-electron chi connectivity index (χ2n) is 4.04. The van der Waals surface area contributed by atoms with Gasteiger partial charge >= 0.3 is 0 Å². The molecule has 16 heavy (non-hydrogen) atoms. The predicted molar refractivity (Wildman–Crippen MR) is 61.6 cm³/mol. The Hall–Kier alpha value is -1.71. The summed E-state index contributed by atoms with van der Waals surface area (Å²) in [6, 6.07) is 3.24. The van der Waals surface area contributed by atoms with Gasteiger partial charge in [0.25, 0.3) is 0 Å². The number of methoxy groups -OCH3 is 1. The van der Waals surface area contributed by atoms with Gasteiger partial charge in [-0.15, -0.1) is 0 Å². The highest BCUT2D eigenvalue weighted by Crippen LogP contribution is 2.34. The summed E-state index contributed by atoms with van der Waals surface area (Å²) in [6.07, 6.45) is 2.13. The second kappa shape index (κ2) is 3.40. The number of rotatable bonds is 1. The highest BCUT2D eigenvalue weighted by Gasteiger charge is 2.17. The van der Waals surface area contributed by atoms with Crippen LogP contribution in [0.2, 0.25) is 0 Å². The molecule has 3 rings (SSSR count). The van der Waals surface area contributed by atoms with Gasteiger partial charge in [0, 0.05) is 23.7 Å². The lowest BCUT2D eigenvalue weighted by atomic mass is 10.1. The average molecular weight is 220 g/mol. The molecule has 0 spiro atoms. The van der Waals surface area contributed by atoms with Gasteiger partial charge < -0.3 is 15.0 Å². The maximum absolute atomic E-state index is 13.5. The minimum Gasteiger partial charge on any atom is -0.494 e. The molecule has 3 nitrogen and oxygen atoms in total. The van der Waals surface area contributed by atoms with Gasteiger partial charge in [-0.1, -0.05) is 0 Å². The van der Waals surface area contributed by atoms with Crippen molar-refractivity contribution in [2.24, 2.45) is 0 Å². The van der Waals surface area contributed by atoms with Gasteiger partial charge in [-0.3, -0.25) is 0 Å². The Morgan fingerprint density at radius 1 is 1.38 bits per heavy atom. The predicted octanol–water partition coefficient (Wildman–Crippen LogP) is 2.67. The molecule has 1 aliphatic rings. The summed E-state index contributed by atoms with van der Waals surface area (Å²) < 4.78 is 18.5. The number of halogens is 1. The Balaban J connectivity index is 2.27. The molecule has 1 aromatic carbocycles. The van der Waals surface area contributed by atoms with Crippen LogP contribution in [0.4, 0.5) is 10.1 Å². The number of aryl methyl sites for hydroxylation is 1. The third-order valence-electron chi connectivity index (χ3n) is 3.05. The molecule has 0 bridgehead atoms. The molecule has 0 unspecified atom stereocenters. The van der Waals surface area contributed by atoms with Gasteiger partial charge in [0.15, 0.2) is 11.6 Å². The number of anilines is 1. The highest BCUT2D eigenvalue weighted by molar-refractivity contribution is 5.95. The number of H-pyrrole nitrogens is 1. The number of nitrogens with one attached hydrogen (secondary N) is 2. The fourth-order valence-corrected chi connectivity index (χ4v) is 2.28. The van der Waals surface area contributed by atoms with Crippen molar-refractivity contribution in [2.75, 3.05) is 19.0 Å². The molecule has 2 N–H and O–H groups in total. The fourth-order valence-electron chi connectivity index (χ4n) is 2.28. The zero-order valence-electron chi connectivity index (χ0n) is 9.06. The van der Waals surface area contributed by atoms with Gasteiger partial charge in [-0.05, 0) is 18.9 Å². The Labute approximate surface area is 92.6 Å². The van der Waals surface area contributed by atoms with Crippen LogP contribution in [0.5, 0.6) is 5.75 Å². The van der Waals surface area contributed by atoms with Crippen molar-refractivity contribution in [3.05, 3.63) is 23.6 Å². The van der Waals surface area contributed by atoms with Gasteiger partial charge in [0.1, 0.15) is 0 Å². The van der Waals surface area contributed by atoms with E-state index in [1.54, 1.807) is 6.07 Å². The highest BCUT2D eigenvalue weighted by atomic mass is 19.1. The van der Waals surface area contributed by atoms with Crippen molar-refractivity contribution in [3.8, 4) is 5.75 Å².